The molecule has 2 rings (SSSR count). The molecule has 2 aromatic rings. The van der Waals surface area contributed by atoms with Crippen molar-refractivity contribution in [1.82, 2.24) is 9.88 Å². The van der Waals surface area contributed by atoms with Gasteiger partial charge in [0.25, 0.3) is 0 Å². The molecule has 0 aliphatic rings. The van der Waals surface area contributed by atoms with Crippen LogP contribution in [0.15, 0.2) is 42.7 Å². The highest BCUT2D eigenvalue weighted by Gasteiger charge is 2.06. The molecule has 0 aliphatic heterocycles. The van der Waals surface area contributed by atoms with E-state index >= 15 is 0 Å². The second-order valence-electron chi connectivity index (χ2n) is 4.79. The van der Waals surface area contributed by atoms with Gasteiger partial charge in [-0.3, -0.25) is 9.88 Å². The van der Waals surface area contributed by atoms with E-state index in [1.165, 1.54) is 12.1 Å². The van der Waals surface area contributed by atoms with Crippen molar-refractivity contribution in [3.8, 4) is 11.8 Å². The summed E-state index contributed by atoms with van der Waals surface area (Å²) in [6, 6.07) is 8.50. The minimum absolute atomic E-state index is 0.233. The van der Waals surface area contributed by atoms with E-state index in [0.717, 1.165) is 17.7 Å². The Morgan fingerprint density at radius 2 is 1.95 bits per heavy atom. The molecule has 1 heterocycles. The number of halogens is 1. The Bertz CT molecular complexity index is 647. The molecule has 0 unspecified atom stereocenters. The fourth-order valence-electron chi connectivity index (χ4n) is 2.08. The number of hydrogen-bond donors (Lipinski definition) is 1. The largest absolute Gasteiger partial charge is 0.384 e. The SMILES string of the molecule is CN(Cc1ccncc1)Cc1ccc(F)cc1C#CCO. The molecule has 3 nitrogen and oxygen atoms in total. The number of rotatable bonds is 4. The minimum Gasteiger partial charge on any atom is -0.384 e. The zero-order valence-electron chi connectivity index (χ0n) is 11.9. The molecule has 0 atom stereocenters. The zero-order chi connectivity index (χ0) is 15.1. The molecule has 0 amide bonds. The van der Waals surface area contributed by atoms with Crippen molar-refractivity contribution < 1.29 is 9.50 Å². The summed E-state index contributed by atoms with van der Waals surface area (Å²) in [6.07, 6.45) is 3.53. The monoisotopic (exact) mass is 284 g/mol. The molecule has 0 bridgehead atoms. The van der Waals surface area contributed by atoms with Gasteiger partial charge in [-0.1, -0.05) is 17.9 Å². The van der Waals surface area contributed by atoms with Gasteiger partial charge in [-0.15, -0.1) is 0 Å². The molecule has 1 aromatic heterocycles. The van der Waals surface area contributed by atoms with Crippen LogP contribution in [0.5, 0.6) is 0 Å². The van der Waals surface area contributed by atoms with Crippen LogP contribution >= 0.6 is 0 Å². The van der Waals surface area contributed by atoms with Crippen LogP contribution in [0, 0.1) is 17.7 Å². The van der Waals surface area contributed by atoms with Crippen LogP contribution in [0.2, 0.25) is 0 Å². The lowest BCUT2D eigenvalue weighted by atomic mass is 10.1. The Morgan fingerprint density at radius 3 is 2.67 bits per heavy atom. The van der Waals surface area contributed by atoms with E-state index in [1.54, 1.807) is 18.5 Å². The van der Waals surface area contributed by atoms with Crippen molar-refractivity contribution in [1.29, 1.82) is 0 Å². The summed E-state index contributed by atoms with van der Waals surface area (Å²) >= 11 is 0. The van der Waals surface area contributed by atoms with Crippen LogP contribution in [0.25, 0.3) is 0 Å². The fourth-order valence-corrected chi connectivity index (χ4v) is 2.08. The fraction of sp³-hybridized carbons (Fsp3) is 0.235. The first-order chi connectivity index (χ1) is 10.2. The standard InChI is InChI=1S/C17H17FN2O/c1-20(12-14-6-8-19-9-7-14)13-16-4-5-17(18)11-15(16)3-2-10-21/h4-9,11,21H,10,12-13H2,1H3. The number of hydrogen-bond acceptors (Lipinski definition) is 3. The molecular weight excluding hydrogens is 267 g/mol. The molecule has 108 valence electrons. The number of aliphatic hydroxyl groups is 1. The van der Waals surface area contributed by atoms with Gasteiger partial charge in [-0.2, -0.15) is 0 Å². The van der Waals surface area contributed by atoms with Crippen LogP contribution in [0.4, 0.5) is 4.39 Å². The van der Waals surface area contributed by atoms with Gasteiger partial charge in [0.1, 0.15) is 12.4 Å². The number of aliphatic hydroxyl groups excluding tert-OH is 1. The Morgan fingerprint density at radius 1 is 1.19 bits per heavy atom. The van der Waals surface area contributed by atoms with E-state index in [2.05, 4.69) is 21.7 Å². The third-order valence-electron chi connectivity index (χ3n) is 3.02. The highest BCUT2D eigenvalue weighted by atomic mass is 19.1. The summed E-state index contributed by atoms with van der Waals surface area (Å²) in [5.74, 6) is 5.04. The summed E-state index contributed by atoms with van der Waals surface area (Å²) in [7, 11) is 1.99. The van der Waals surface area contributed by atoms with Crippen molar-refractivity contribution in [3.05, 3.63) is 65.2 Å². The molecule has 21 heavy (non-hydrogen) atoms. The molecule has 0 saturated heterocycles. The Hall–Kier alpha value is -2.22. The molecule has 0 fully saturated rings. The lowest BCUT2D eigenvalue weighted by molar-refractivity contribution is 0.318. The van der Waals surface area contributed by atoms with Crippen molar-refractivity contribution in [2.45, 2.75) is 13.1 Å². The molecule has 1 aromatic carbocycles. The van der Waals surface area contributed by atoms with Gasteiger partial charge < -0.3 is 5.11 Å². The van der Waals surface area contributed by atoms with Gasteiger partial charge in [0.05, 0.1) is 0 Å². The van der Waals surface area contributed by atoms with E-state index in [0.29, 0.717) is 12.1 Å². The molecular formula is C17H17FN2O. The van der Waals surface area contributed by atoms with Crippen molar-refractivity contribution >= 4 is 0 Å². The van der Waals surface area contributed by atoms with Crippen LogP contribution < -0.4 is 0 Å². The van der Waals surface area contributed by atoms with Crippen molar-refractivity contribution in [2.75, 3.05) is 13.7 Å². The molecule has 0 aliphatic carbocycles. The lowest BCUT2D eigenvalue weighted by Crippen LogP contribution is -2.18. The molecule has 1 N–H and O–H groups in total. The summed E-state index contributed by atoms with van der Waals surface area (Å²) in [5, 5.41) is 8.78. The van der Waals surface area contributed by atoms with E-state index in [-0.39, 0.29) is 12.4 Å². The third-order valence-corrected chi connectivity index (χ3v) is 3.02. The smallest absolute Gasteiger partial charge is 0.124 e. The lowest BCUT2D eigenvalue weighted by Gasteiger charge is -2.17. The number of pyridine rings is 1. The first-order valence-corrected chi connectivity index (χ1v) is 6.64. The first-order valence-electron chi connectivity index (χ1n) is 6.64. The highest BCUT2D eigenvalue weighted by Crippen LogP contribution is 2.14. The average molecular weight is 284 g/mol. The normalized spacial score (nSPS) is 10.3. The maximum atomic E-state index is 13.3. The number of nitrogens with zero attached hydrogens (tertiary/aromatic N) is 2. The van der Waals surface area contributed by atoms with Gasteiger partial charge >= 0.3 is 0 Å². The van der Waals surface area contributed by atoms with E-state index in [4.69, 9.17) is 5.11 Å². The topological polar surface area (TPSA) is 36.4 Å². The second kappa shape index (κ2) is 7.53. The van der Waals surface area contributed by atoms with Crippen LogP contribution in [-0.4, -0.2) is 28.6 Å². The van der Waals surface area contributed by atoms with Crippen LogP contribution in [0.3, 0.4) is 0 Å². The van der Waals surface area contributed by atoms with Gasteiger partial charge in [0.15, 0.2) is 0 Å². The van der Waals surface area contributed by atoms with Gasteiger partial charge in [-0.05, 0) is 42.4 Å². The highest BCUT2D eigenvalue weighted by molar-refractivity contribution is 5.41. The summed E-state index contributed by atoms with van der Waals surface area (Å²) in [4.78, 5) is 6.11. The summed E-state index contributed by atoms with van der Waals surface area (Å²) in [6.45, 7) is 1.19. The molecule has 0 spiro atoms. The predicted molar refractivity (Wildman–Crippen MR) is 79.8 cm³/mol. The van der Waals surface area contributed by atoms with E-state index in [9.17, 15) is 4.39 Å². The summed E-state index contributed by atoms with van der Waals surface area (Å²) < 4.78 is 13.3. The summed E-state index contributed by atoms with van der Waals surface area (Å²) in [5.41, 5.74) is 2.72. The number of aromatic nitrogens is 1. The van der Waals surface area contributed by atoms with E-state index in [1.807, 2.05) is 19.2 Å². The molecule has 4 heteroatoms. The average Bonchev–Trinajstić information content (AvgIpc) is 2.48. The Kier molecular flexibility index (Phi) is 5.44. The quantitative estimate of drug-likeness (QED) is 0.874. The molecule has 0 radical (unpaired) electrons. The predicted octanol–water partition coefficient (Wildman–Crippen LogP) is 2.20. The van der Waals surface area contributed by atoms with Gasteiger partial charge in [0, 0.05) is 31.0 Å². The van der Waals surface area contributed by atoms with Crippen LogP contribution in [-0.2, 0) is 13.1 Å². The Labute approximate surface area is 124 Å². The van der Waals surface area contributed by atoms with Gasteiger partial charge in [-0.25, -0.2) is 4.39 Å². The second-order valence-corrected chi connectivity index (χ2v) is 4.79. The maximum absolute atomic E-state index is 13.3. The molecule has 0 saturated carbocycles. The van der Waals surface area contributed by atoms with Gasteiger partial charge in [0.2, 0.25) is 0 Å². The van der Waals surface area contributed by atoms with Crippen molar-refractivity contribution in [3.63, 3.8) is 0 Å². The first kappa shape index (κ1) is 15.2. The minimum atomic E-state index is -0.322. The van der Waals surface area contributed by atoms with Crippen LogP contribution in [0.1, 0.15) is 16.7 Å². The maximum Gasteiger partial charge on any atom is 0.124 e. The number of benzene rings is 1. The zero-order valence-corrected chi connectivity index (χ0v) is 11.9. The van der Waals surface area contributed by atoms with Crippen molar-refractivity contribution in [2.24, 2.45) is 0 Å². The third kappa shape index (κ3) is 4.67. The Balaban J connectivity index is 2.11. The van der Waals surface area contributed by atoms with E-state index < -0.39 is 0 Å².